The number of alkyl halides is 2. The largest absolute Gasteiger partial charge is 0.341 e. The Morgan fingerprint density at radius 3 is 2.44 bits per heavy atom. The van der Waals surface area contributed by atoms with Gasteiger partial charge in [0.05, 0.1) is 5.56 Å². The van der Waals surface area contributed by atoms with Crippen molar-refractivity contribution in [2.45, 2.75) is 30.4 Å². The maximum absolute atomic E-state index is 12.8. The number of nitrogens with zero attached hydrogens (tertiary/aromatic N) is 3. The molecule has 1 amide bonds. The highest BCUT2D eigenvalue weighted by Crippen LogP contribution is 2.29. The Morgan fingerprint density at radius 2 is 1.72 bits per heavy atom. The highest BCUT2D eigenvalue weighted by molar-refractivity contribution is 7.99. The second-order valence-electron chi connectivity index (χ2n) is 7.42. The predicted molar refractivity (Wildman–Crippen MR) is 124 cm³/mol. The van der Waals surface area contributed by atoms with Crippen molar-refractivity contribution in [3.05, 3.63) is 65.9 Å². The van der Waals surface area contributed by atoms with Gasteiger partial charge in [-0.25, -0.2) is 4.98 Å². The molecule has 9 heteroatoms. The smallest absolute Gasteiger partial charge is 0.288 e. The number of aromatic nitrogens is 2. The van der Waals surface area contributed by atoms with Gasteiger partial charge in [-0.05, 0) is 56.2 Å². The summed E-state index contributed by atoms with van der Waals surface area (Å²) in [4.78, 5) is 24.2. The van der Waals surface area contributed by atoms with Crippen LogP contribution in [0, 0.1) is 6.92 Å². The zero-order chi connectivity index (χ0) is 22.5. The number of carbonyl (C=O) groups excluding carboxylic acids is 1. The lowest BCUT2D eigenvalue weighted by atomic mass is 10.2. The number of amides is 1. The lowest BCUT2D eigenvalue weighted by Crippen LogP contribution is -2.21. The lowest BCUT2D eigenvalue weighted by molar-refractivity contribution is 0.102. The van der Waals surface area contributed by atoms with Crippen molar-refractivity contribution >= 4 is 40.8 Å². The molecular formula is C23H23F2N5OS. The minimum absolute atomic E-state index is 0.214. The number of hydrogen-bond acceptors (Lipinski definition) is 6. The molecule has 1 fully saturated rings. The molecule has 6 nitrogen and oxygen atoms in total. The van der Waals surface area contributed by atoms with E-state index >= 15 is 0 Å². The summed E-state index contributed by atoms with van der Waals surface area (Å²) in [6.45, 7) is 3.88. The minimum Gasteiger partial charge on any atom is -0.341 e. The van der Waals surface area contributed by atoms with E-state index in [4.69, 9.17) is 0 Å². The second-order valence-corrected chi connectivity index (χ2v) is 8.45. The number of rotatable bonds is 7. The van der Waals surface area contributed by atoms with Crippen molar-refractivity contribution in [2.24, 2.45) is 0 Å². The molecule has 1 aromatic heterocycles. The molecule has 2 aromatic carbocycles. The van der Waals surface area contributed by atoms with Crippen molar-refractivity contribution in [1.29, 1.82) is 0 Å². The van der Waals surface area contributed by atoms with Crippen LogP contribution in [0.3, 0.4) is 0 Å². The zero-order valence-electron chi connectivity index (χ0n) is 17.5. The first-order chi connectivity index (χ1) is 15.5. The van der Waals surface area contributed by atoms with Crippen molar-refractivity contribution in [2.75, 3.05) is 28.6 Å². The summed E-state index contributed by atoms with van der Waals surface area (Å²) in [6.07, 6.45) is 2.30. The van der Waals surface area contributed by atoms with Gasteiger partial charge in [0.1, 0.15) is 5.82 Å². The topological polar surface area (TPSA) is 70.2 Å². The molecule has 0 unspecified atom stereocenters. The molecule has 0 atom stereocenters. The Labute approximate surface area is 189 Å². The summed E-state index contributed by atoms with van der Waals surface area (Å²) in [5.41, 5.74) is 2.47. The van der Waals surface area contributed by atoms with E-state index in [1.807, 2.05) is 25.1 Å². The minimum atomic E-state index is -2.59. The van der Waals surface area contributed by atoms with Crippen molar-refractivity contribution < 1.29 is 13.6 Å². The van der Waals surface area contributed by atoms with Crippen LogP contribution < -0.4 is 15.5 Å². The third-order valence-corrected chi connectivity index (χ3v) is 5.78. The van der Waals surface area contributed by atoms with Gasteiger partial charge >= 0.3 is 0 Å². The first-order valence-corrected chi connectivity index (χ1v) is 11.2. The number of carbonyl (C=O) groups is 1. The van der Waals surface area contributed by atoms with E-state index in [0.717, 1.165) is 43.3 Å². The Morgan fingerprint density at radius 1 is 1.03 bits per heavy atom. The molecule has 0 saturated carbocycles. The number of anilines is 4. The normalized spacial score (nSPS) is 13.4. The molecular weight excluding hydrogens is 432 g/mol. The fraction of sp³-hybridized carbons (Fsp3) is 0.261. The van der Waals surface area contributed by atoms with Crippen LogP contribution in [0.5, 0.6) is 0 Å². The summed E-state index contributed by atoms with van der Waals surface area (Å²) >= 11 is 0.359. The van der Waals surface area contributed by atoms with Crippen LogP contribution in [-0.2, 0) is 0 Å². The molecule has 32 heavy (non-hydrogen) atoms. The SMILES string of the molecule is Cc1cc(Nc2ccc(NC(=O)c3ccccc3SC(F)F)cc2)nc(N2CCCC2)n1. The molecule has 2 heterocycles. The fourth-order valence-corrected chi connectivity index (χ4v) is 4.15. The maximum Gasteiger partial charge on any atom is 0.288 e. The van der Waals surface area contributed by atoms with Crippen LogP contribution in [0.25, 0.3) is 0 Å². The molecule has 4 rings (SSSR count). The highest BCUT2D eigenvalue weighted by Gasteiger charge is 2.17. The fourth-order valence-electron chi connectivity index (χ4n) is 3.51. The Hall–Kier alpha value is -3.20. The first-order valence-electron chi connectivity index (χ1n) is 10.3. The highest BCUT2D eigenvalue weighted by atomic mass is 32.2. The molecule has 1 aliphatic rings. The summed E-state index contributed by atoms with van der Waals surface area (Å²) in [7, 11) is 0. The van der Waals surface area contributed by atoms with Crippen LogP contribution in [0.2, 0.25) is 0 Å². The maximum atomic E-state index is 12.8. The summed E-state index contributed by atoms with van der Waals surface area (Å²) < 4.78 is 25.5. The van der Waals surface area contributed by atoms with E-state index < -0.39 is 11.7 Å². The third kappa shape index (κ3) is 5.53. The monoisotopic (exact) mass is 455 g/mol. The summed E-state index contributed by atoms with van der Waals surface area (Å²) in [5.74, 6) is -1.59. The third-order valence-electron chi connectivity index (χ3n) is 4.99. The van der Waals surface area contributed by atoms with E-state index in [9.17, 15) is 13.6 Å². The van der Waals surface area contributed by atoms with E-state index in [-0.39, 0.29) is 10.5 Å². The van der Waals surface area contributed by atoms with Gasteiger partial charge in [-0.3, -0.25) is 4.79 Å². The Balaban J connectivity index is 1.43. The number of aryl methyl sites for hydroxylation is 1. The van der Waals surface area contributed by atoms with Crippen LogP contribution in [-0.4, -0.2) is 34.7 Å². The summed E-state index contributed by atoms with van der Waals surface area (Å²) in [5, 5.41) is 6.04. The average molecular weight is 456 g/mol. The molecule has 1 saturated heterocycles. The molecule has 0 spiro atoms. The molecule has 166 valence electrons. The molecule has 0 bridgehead atoms. The molecule has 1 aliphatic heterocycles. The van der Waals surface area contributed by atoms with Crippen molar-refractivity contribution in [1.82, 2.24) is 9.97 Å². The molecule has 3 aromatic rings. The first kappa shape index (κ1) is 22.0. The number of halogens is 2. The van der Waals surface area contributed by atoms with Gasteiger partial charge in [0.25, 0.3) is 11.7 Å². The van der Waals surface area contributed by atoms with Crippen LogP contribution in [0.4, 0.5) is 31.9 Å². The van der Waals surface area contributed by atoms with E-state index in [2.05, 4.69) is 25.5 Å². The van der Waals surface area contributed by atoms with Gasteiger partial charge in [-0.2, -0.15) is 13.8 Å². The number of benzene rings is 2. The Kier molecular flexibility index (Phi) is 6.84. The van der Waals surface area contributed by atoms with Gasteiger partial charge in [-0.1, -0.05) is 23.9 Å². The van der Waals surface area contributed by atoms with Gasteiger partial charge in [0, 0.05) is 41.1 Å². The average Bonchev–Trinajstić information content (AvgIpc) is 3.30. The van der Waals surface area contributed by atoms with Gasteiger partial charge in [0.2, 0.25) is 5.95 Å². The van der Waals surface area contributed by atoms with Gasteiger partial charge < -0.3 is 15.5 Å². The number of thioether (sulfide) groups is 1. The predicted octanol–water partition coefficient (Wildman–Crippen LogP) is 5.70. The quantitative estimate of drug-likeness (QED) is 0.446. The van der Waals surface area contributed by atoms with Crippen LogP contribution in [0.1, 0.15) is 28.9 Å². The van der Waals surface area contributed by atoms with Crippen molar-refractivity contribution in [3.8, 4) is 0 Å². The van der Waals surface area contributed by atoms with E-state index in [0.29, 0.717) is 23.3 Å². The van der Waals surface area contributed by atoms with Crippen LogP contribution >= 0.6 is 11.8 Å². The standard InChI is InChI=1S/C23H23F2N5OS/c1-15-14-20(29-23(26-15)30-12-4-5-13-30)27-16-8-10-17(11-9-16)28-21(31)18-6-2-3-7-19(18)32-22(24)25/h2-3,6-11,14,22H,4-5,12-13H2,1H3,(H,28,31)(H,26,27,29). The van der Waals surface area contributed by atoms with Crippen molar-refractivity contribution in [3.63, 3.8) is 0 Å². The molecule has 2 N–H and O–H groups in total. The number of hydrogen-bond donors (Lipinski definition) is 2. The van der Waals surface area contributed by atoms with E-state index in [1.165, 1.54) is 12.1 Å². The van der Waals surface area contributed by atoms with E-state index in [1.54, 1.807) is 24.3 Å². The summed E-state index contributed by atoms with van der Waals surface area (Å²) in [6, 6.07) is 15.3. The molecule has 0 aliphatic carbocycles. The Bertz CT molecular complexity index is 1090. The van der Waals surface area contributed by atoms with Gasteiger partial charge in [0.15, 0.2) is 0 Å². The second kappa shape index (κ2) is 9.95. The number of nitrogens with one attached hydrogen (secondary N) is 2. The molecule has 0 radical (unpaired) electrons. The zero-order valence-corrected chi connectivity index (χ0v) is 18.3. The lowest BCUT2D eigenvalue weighted by Gasteiger charge is -2.17. The van der Waals surface area contributed by atoms with Crippen LogP contribution in [0.15, 0.2) is 59.5 Å². The van der Waals surface area contributed by atoms with Gasteiger partial charge in [-0.15, -0.1) is 0 Å².